The lowest BCUT2D eigenvalue weighted by Gasteiger charge is -2.19. The standard InChI is InChI=1S/C19H19Cl/c1-3-8-15(4-2)19(16-9-6-5-7-10-16)17-11-13-18(20)14-12-17/h3-14,19H,1-2H3/b8-3-,15-4+. The van der Waals surface area contributed by atoms with Gasteiger partial charge in [0.15, 0.2) is 0 Å². The summed E-state index contributed by atoms with van der Waals surface area (Å²) in [6.07, 6.45) is 6.43. The maximum atomic E-state index is 6.01. The molecule has 0 amide bonds. The van der Waals surface area contributed by atoms with Crippen molar-refractivity contribution in [3.63, 3.8) is 0 Å². The van der Waals surface area contributed by atoms with E-state index in [4.69, 9.17) is 11.6 Å². The van der Waals surface area contributed by atoms with Gasteiger partial charge in [-0.05, 0) is 42.7 Å². The predicted molar refractivity (Wildman–Crippen MR) is 88.3 cm³/mol. The molecule has 0 aliphatic rings. The molecule has 0 radical (unpaired) electrons. The van der Waals surface area contributed by atoms with Crippen LogP contribution in [0.15, 0.2) is 78.4 Å². The first-order chi connectivity index (χ1) is 9.76. The van der Waals surface area contributed by atoms with E-state index < -0.39 is 0 Å². The highest BCUT2D eigenvalue weighted by Crippen LogP contribution is 2.33. The average Bonchev–Trinajstić information content (AvgIpc) is 2.49. The Hall–Kier alpha value is -1.79. The Morgan fingerprint density at radius 3 is 2.05 bits per heavy atom. The molecule has 1 unspecified atom stereocenters. The van der Waals surface area contributed by atoms with Crippen LogP contribution in [0.2, 0.25) is 5.02 Å². The van der Waals surface area contributed by atoms with Crippen LogP contribution in [-0.4, -0.2) is 0 Å². The van der Waals surface area contributed by atoms with Crippen molar-refractivity contribution in [2.75, 3.05) is 0 Å². The van der Waals surface area contributed by atoms with Crippen LogP contribution in [-0.2, 0) is 0 Å². The minimum absolute atomic E-state index is 0.245. The molecule has 1 atom stereocenters. The van der Waals surface area contributed by atoms with Crippen LogP contribution in [0.4, 0.5) is 0 Å². The Kier molecular flexibility index (Phi) is 5.20. The van der Waals surface area contributed by atoms with Crippen LogP contribution < -0.4 is 0 Å². The fourth-order valence-electron chi connectivity index (χ4n) is 2.43. The van der Waals surface area contributed by atoms with Gasteiger partial charge in [-0.2, -0.15) is 0 Å². The molecule has 20 heavy (non-hydrogen) atoms. The molecule has 1 heteroatoms. The van der Waals surface area contributed by atoms with E-state index in [1.165, 1.54) is 16.7 Å². The van der Waals surface area contributed by atoms with E-state index in [0.29, 0.717) is 0 Å². The van der Waals surface area contributed by atoms with Crippen molar-refractivity contribution in [2.24, 2.45) is 0 Å². The number of benzene rings is 2. The first-order valence-corrected chi connectivity index (χ1v) is 7.23. The molecule has 0 aliphatic carbocycles. The molecule has 0 aliphatic heterocycles. The predicted octanol–water partition coefficient (Wildman–Crippen LogP) is 5.99. The summed E-state index contributed by atoms with van der Waals surface area (Å²) in [4.78, 5) is 0. The summed E-state index contributed by atoms with van der Waals surface area (Å²) in [5.41, 5.74) is 3.84. The summed E-state index contributed by atoms with van der Waals surface area (Å²) in [6, 6.07) is 18.7. The molecule has 0 fully saturated rings. The van der Waals surface area contributed by atoms with Crippen LogP contribution in [0.1, 0.15) is 30.9 Å². The van der Waals surface area contributed by atoms with Gasteiger partial charge in [-0.25, -0.2) is 0 Å². The fourth-order valence-corrected chi connectivity index (χ4v) is 2.56. The lowest BCUT2D eigenvalue weighted by molar-refractivity contribution is 0.973. The number of hydrogen-bond donors (Lipinski definition) is 0. The highest BCUT2D eigenvalue weighted by Gasteiger charge is 2.16. The van der Waals surface area contributed by atoms with Gasteiger partial charge in [0.05, 0.1) is 0 Å². The second-order valence-corrected chi connectivity index (χ2v) is 5.12. The molecule has 2 aromatic carbocycles. The summed E-state index contributed by atoms with van der Waals surface area (Å²) in [5, 5.41) is 0.772. The first kappa shape index (κ1) is 14.6. The highest BCUT2D eigenvalue weighted by atomic mass is 35.5. The number of rotatable bonds is 4. The second kappa shape index (κ2) is 7.12. The summed E-state index contributed by atoms with van der Waals surface area (Å²) in [5.74, 6) is 0.245. The smallest absolute Gasteiger partial charge is 0.0406 e. The molecule has 0 bridgehead atoms. The number of allylic oxidation sites excluding steroid dienone is 4. The Morgan fingerprint density at radius 2 is 1.50 bits per heavy atom. The van der Waals surface area contributed by atoms with Gasteiger partial charge in [-0.15, -0.1) is 0 Å². The van der Waals surface area contributed by atoms with E-state index in [-0.39, 0.29) is 5.92 Å². The third-order valence-corrected chi connectivity index (χ3v) is 3.61. The van der Waals surface area contributed by atoms with Crippen LogP contribution in [0.3, 0.4) is 0 Å². The molecule has 0 aromatic heterocycles. The van der Waals surface area contributed by atoms with Crippen molar-refractivity contribution in [3.8, 4) is 0 Å². The van der Waals surface area contributed by atoms with Gasteiger partial charge in [0, 0.05) is 10.9 Å². The summed E-state index contributed by atoms with van der Waals surface area (Å²) >= 11 is 6.01. The van der Waals surface area contributed by atoms with Gasteiger partial charge in [0.25, 0.3) is 0 Å². The van der Waals surface area contributed by atoms with Crippen molar-refractivity contribution >= 4 is 11.6 Å². The maximum absolute atomic E-state index is 6.01. The largest absolute Gasteiger partial charge is 0.0874 e. The second-order valence-electron chi connectivity index (χ2n) is 4.68. The Morgan fingerprint density at radius 1 is 0.900 bits per heavy atom. The Bertz CT molecular complexity index is 591. The van der Waals surface area contributed by atoms with Crippen molar-refractivity contribution in [1.29, 1.82) is 0 Å². The van der Waals surface area contributed by atoms with Gasteiger partial charge >= 0.3 is 0 Å². The molecule has 0 heterocycles. The zero-order valence-electron chi connectivity index (χ0n) is 11.9. The van der Waals surface area contributed by atoms with Gasteiger partial charge in [-0.3, -0.25) is 0 Å². The SMILES string of the molecule is C/C=C\C(=C/C)C(c1ccccc1)c1ccc(Cl)cc1. The van der Waals surface area contributed by atoms with Crippen LogP contribution >= 0.6 is 11.6 Å². The highest BCUT2D eigenvalue weighted by molar-refractivity contribution is 6.30. The minimum atomic E-state index is 0.245. The van der Waals surface area contributed by atoms with E-state index in [9.17, 15) is 0 Å². The third-order valence-electron chi connectivity index (χ3n) is 3.36. The van der Waals surface area contributed by atoms with Crippen LogP contribution in [0.25, 0.3) is 0 Å². The van der Waals surface area contributed by atoms with Gasteiger partial charge in [-0.1, -0.05) is 72.3 Å². The molecule has 0 saturated carbocycles. The van der Waals surface area contributed by atoms with Crippen molar-refractivity contribution in [3.05, 3.63) is 94.5 Å². The van der Waals surface area contributed by atoms with E-state index >= 15 is 0 Å². The van der Waals surface area contributed by atoms with Crippen LogP contribution in [0, 0.1) is 0 Å². The zero-order chi connectivity index (χ0) is 14.4. The molecule has 102 valence electrons. The number of hydrogen-bond acceptors (Lipinski definition) is 0. The first-order valence-electron chi connectivity index (χ1n) is 6.85. The lowest BCUT2D eigenvalue weighted by Crippen LogP contribution is -2.03. The quantitative estimate of drug-likeness (QED) is 0.604. The molecular formula is C19H19Cl. The Labute approximate surface area is 126 Å². The van der Waals surface area contributed by atoms with Crippen molar-refractivity contribution in [2.45, 2.75) is 19.8 Å². The van der Waals surface area contributed by atoms with Gasteiger partial charge in [0.1, 0.15) is 0 Å². The van der Waals surface area contributed by atoms with E-state index in [1.807, 2.05) is 25.1 Å². The van der Waals surface area contributed by atoms with Gasteiger partial charge in [0.2, 0.25) is 0 Å². The Balaban J connectivity index is 2.52. The topological polar surface area (TPSA) is 0 Å². The monoisotopic (exact) mass is 282 g/mol. The molecule has 2 rings (SSSR count). The molecule has 0 saturated heterocycles. The average molecular weight is 283 g/mol. The van der Waals surface area contributed by atoms with E-state index in [0.717, 1.165) is 5.02 Å². The lowest BCUT2D eigenvalue weighted by atomic mass is 9.84. The summed E-state index contributed by atoms with van der Waals surface area (Å²) in [6.45, 7) is 4.13. The summed E-state index contributed by atoms with van der Waals surface area (Å²) < 4.78 is 0. The normalized spacial score (nSPS) is 13.7. The number of halogens is 1. The van der Waals surface area contributed by atoms with E-state index in [2.05, 4.69) is 61.5 Å². The maximum Gasteiger partial charge on any atom is 0.0406 e. The summed E-state index contributed by atoms with van der Waals surface area (Å²) in [7, 11) is 0. The molecular weight excluding hydrogens is 264 g/mol. The van der Waals surface area contributed by atoms with E-state index in [1.54, 1.807) is 0 Å². The molecule has 2 aromatic rings. The van der Waals surface area contributed by atoms with Crippen molar-refractivity contribution < 1.29 is 0 Å². The van der Waals surface area contributed by atoms with Crippen LogP contribution in [0.5, 0.6) is 0 Å². The van der Waals surface area contributed by atoms with Crippen molar-refractivity contribution in [1.82, 2.24) is 0 Å². The minimum Gasteiger partial charge on any atom is -0.0874 e. The zero-order valence-corrected chi connectivity index (χ0v) is 12.6. The molecule has 0 nitrogen and oxygen atoms in total. The fraction of sp³-hybridized carbons (Fsp3) is 0.158. The van der Waals surface area contributed by atoms with Gasteiger partial charge < -0.3 is 0 Å². The molecule has 0 spiro atoms. The molecule has 0 N–H and O–H groups in total. The third kappa shape index (κ3) is 3.40.